The number of hydrazine groups is 1. The monoisotopic (exact) mass is 267 g/mol. The predicted molar refractivity (Wildman–Crippen MR) is 61.1 cm³/mol. The Morgan fingerprint density at radius 3 is 3.07 bits per heavy atom. The van der Waals surface area contributed by atoms with E-state index >= 15 is 0 Å². The van der Waals surface area contributed by atoms with Crippen molar-refractivity contribution in [2.45, 2.75) is 6.54 Å². The van der Waals surface area contributed by atoms with Gasteiger partial charge >= 0.3 is 0 Å². The first-order valence-corrected chi connectivity index (χ1v) is 5.17. The number of nitrogens with zero attached hydrogens (tertiary/aromatic N) is 3. The fourth-order valence-corrected chi connectivity index (χ4v) is 1.62. The summed E-state index contributed by atoms with van der Waals surface area (Å²) in [5.41, 5.74) is 3.55. The lowest BCUT2D eigenvalue weighted by molar-refractivity contribution is 0.685. The molecule has 0 fully saturated rings. The third-order valence-electron chi connectivity index (χ3n) is 1.96. The zero-order valence-electron chi connectivity index (χ0n) is 7.89. The molecule has 2 aromatic heterocycles. The quantitative estimate of drug-likeness (QED) is 0.651. The first kappa shape index (κ1) is 10.1. The van der Waals surface area contributed by atoms with Gasteiger partial charge in [0.05, 0.1) is 17.2 Å². The number of aromatic nitrogens is 3. The molecule has 0 unspecified atom stereocenters. The van der Waals surface area contributed by atoms with E-state index in [4.69, 9.17) is 5.84 Å². The van der Waals surface area contributed by atoms with E-state index in [1.165, 1.54) is 0 Å². The van der Waals surface area contributed by atoms with Crippen molar-refractivity contribution in [3.8, 4) is 0 Å². The molecule has 3 N–H and O–H groups in total. The predicted octanol–water partition coefficient (Wildman–Crippen LogP) is 1.37. The Hall–Kier alpha value is -1.40. The highest BCUT2D eigenvalue weighted by Crippen LogP contribution is 2.13. The Labute approximate surface area is 95.4 Å². The lowest BCUT2D eigenvalue weighted by Gasteiger charge is -2.06. The van der Waals surface area contributed by atoms with Gasteiger partial charge in [-0.05, 0) is 22.0 Å². The van der Waals surface area contributed by atoms with Gasteiger partial charge in [-0.2, -0.15) is 5.10 Å². The van der Waals surface area contributed by atoms with Crippen LogP contribution in [0, 0.1) is 0 Å². The second-order valence-corrected chi connectivity index (χ2v) is 3.93. The van der Waals surface area contributed by atoms with Gasteiger partial charge < -0.3 is 5.43 Å². The highest BCUT2D eigenvalue weighted by Gasteiger charge is 2.03. The molecule has 0 aliphatic carbocycles. The van der Waals surface area contributed by atoms with Crippen molar-refractivity contribution in [3.63, 3.8) is 0 Å². The van der Waals surface area contributed by atoms with Crippen LogP contribution in [0.5, 0.6) is 0 Å². The Balaban J connectivity index is 2.23. The maximum absolute atomic E-state index is 5.36. The van der Waals surface area contributed by atoms with Gasteiger partial charge in [-0.1, -0.05) is 6.07 Å². The molecule has 2 heterocycles. The molecule has 0 amide bonds. The SMILES string of the molecule is NNc1ncccc1Cn1cc(Br)cn1. The minimum atomic E-state index is 0.638. The van der Waals surface area contributed by atoms with E-state index in [2.05, 4.69) is 31.4 Å². The van der Waals surface area contributed by atoms with E-state index in [-0.39, 0.29) is 0 Å². The van der Waals surface area contributed by atoms with Crippen molar-refractivity contribution in [1.82, 2.24) is 14.8 Å². The number of hydrogen-bond acceptors (Lipinski definition) is 4. The van der Waals surface area contributed by atoms with Gasteiger partial charge in [0.2, 0.25) is 0 Å². The van der Waals surface area contributed by atoms with Crippen LogP contribution in [0.1, 0.15) is 5.56 Å². The van der Waals surface area contributed by atoms with E-state index in [0.29, 0.717) is 12.4 Å². The second-order valence-electron chi connectivity index (χ2n) is 3.01. The Morgan fingerprint density at radius 2 is 2.40 bits per heavy atom. The van der Waals surface area contributed by atoms with Crippen molar-refractivity contribution < 1.29 is 0 Å². The maximum Gasteiger partial charge on any atom is 0.144 e. The maximum atomic E-state index is 5.36. The van der Waals surface area contributed by atoms with Gasteiger partial charge in [-0.3, -0.25) is 4.68 Å². The molecule has 0 aromatic carbocycles. The first-order valence-electron chi connectivity index (χ1n) is 4.38. The van der Waals surface area contributed by atoms with E-state index in [9.17, 15) is 0 Å². The molecule has 0 radical (unpaired) electrons. The van der Waals surface area contributed by atoms with Crippen LogP contribution >= 0.6 is 15.9 Å². The molecule has 0 aliphatic rings. The minimum Gasteiger partial charge on any atom is -0.308 e. The molecular weight excluding hydrogens is 258 g/mol. The third-order valence-corrected chi connectivity index (χ3v) is 2.37. The Morgan fingerprint density at radius 1 is 1.53 bits per heavy atom. The molecule has 0 spiro atoms. The smallest absolute Gasteiger partial charge is 0.144 e. The molecule has 5 nitrogen and oxygen atoms in total. The minimum absolute atomic E-state index is 0.638. The summed E-state index contributed by atoms with van der Waals surface area (Å²) in [4.78, 5) is 4.11. The summed E-state index contributed by atoms with van der Waals surface area (Å²) in [6.45, 7) is 0.638. The fraction of sp³-hybridized carbons (Fsp3) is 0.111. The average Bonchev–Trinajstić information content (AvgIpc) is 2.65. The fourth-order valence-electron chi connectivity index (χ4n) is 1.30. The molecule has 78 valence electrons. The van der Waals surface area contributed by atoms with Gasteiger partial charge in [0.15, 0.2) is 0 Å². The summed E-state index contributed by atoms with van der Waals surface area (Å²) < 4.78 is 2.76. The summed E-state index contributed by atoms with van der Waals surface area (Å²) in [7, 11) is 0. The highest BCUT2D eigenvalue weighted by molar-refractivity contribution is 9.10. The molecule has 0 saturated carbocycles. The number of nitrogen functional groups attached to an aromatic ring is 1. The van der Waals surface area contributed by atoms with Crippen molar-refractivity contribution in [2.24, 2.45) is 5.84 Å². The summed E-state index contributed by atoms with van der Waals surface area (Å²) >= 11 is 3.34. The number of rotatable bonds is 3. The summed E-state index contributed by atoms with van der Waals surface area (Å²) in [5.74, 6) is 6.03. The van der Waals surface area contributed by atoms with Crippen LogP contribution < -0.4 is 11.3 Å². The van der Waals surface area contributed by atoms with Crippen LogP contribution in [-0.2, 0) is 6.54 Å². The van der Waals surface area contributed by atoms with Gasteiger partial charge in [0, 0.05) is 18.0 Å². The molecule has 2 rings (SSSR count). The zero-order chi connectivity index (χ0) is 10.7. The van der Waals surface area contributed by atoms with E-state index in [1.54, 1.807) is 12.4 Å². The van der Waals surface area contributed by atoms with Gasteiger partial charge in [0.1, 0.15) is 5.82 Å². The number of nitrogens with two attached hydrogens (primary N) is 1. The largest absolute Gasteiger partial charge is 0.308 e. The summed E-state index contributed by atoms with van der Waals surface area (Å²) in [6, 6.07) is 3.83. The molecule has 2 aromatic rings. The Bertz CT molecular complexity index is 453. The Kier molecular flexibility index (Phi) is 2.98. The van der Waals surface area contributed by atoms with Crippen LogP contribution in [0.25, 0.3) is 0 Å². The van der Waals surface area contributed by atoms with E-state index in [0.717, 1.165) is 10.0 Å². The van der Waals surface area contributed by atoms with Crippen molar-refractivity contribution >= 4 is 21.7 Å². The third kappa shape index (κ3) is 2.34. The number of nitrogens with one attached hydrogen (secondary N) is 1. The topological polar surface area (TPSA) is 68.8 Å². The van der Waals surface area contributed by atoms with Crippen molar-refractivity contribution in [2.75, 3.05) is 5.43 Å². The van der Waals surface area contributed by atoms with Crippen LogP contribution in [-0.4, -0.2) is 14.8 Å². The average molecular weight is 268 g/mol. The zero-order valence-corrected chi connectivity index (χ0v) is 9.48. The number of halogens is 1. The van der Waals surface area contributed by atoms with Gasteiger partial charge in [0.25, 0.3) is 0 Å². The molecule has 0 aliphatic heterocycles. The van der Waals surface area contributed by atoms with Crippen LogP contribution in [0.3, 0.4) is 0 Å². The molecule has 0 atom stereocenters. The van der Waals surface area contributed by atoms with Crippen LogP contribution in [0.2, 0.25) is 0 Å². The molecule has 6 heteroatoms. The lowest BCUT2D eigenvalue weighted by Crippen LogP contribution is -2.12. The van der Waals surface area contributed by atoms with Crippen molar-refractivity contribution in [1.29, 1.82) is 0 Å². The molecule has 0 saturated heterocycles. The molecule has 0 bridgehead atoms. The standard InChI is InChI=1S/C9H10BrN5/c10-8-4-13-15(6-8)5-7-2-1-3-12-9(7)14-11/h1-4,6H,5,11H2,(H,12,14). The molecular formula is C9H10BrN5. The highest BCUT2D eigenvalue weighted by atomic mass is 79.9. The summed E-state index contributed by atoms with van der Waals surface area (Å²) in [5, 5.41) is 4.16. The summed E-state index contributed by atoms with van der Waals surface area (Å²) in [6.07, 6.45) is 5.33. The normalized spacial score (nSPS) is 10.3. The number of hydrogen-bond donors (Lipinski definition) is 2. The van der Waals surface area contributed by atoms with Gasteiger partial charge in [-0.25, -0.2) is 10.8 Å². The molecule has 15 heavy (non-hydrogen) atoms. The second kappa shape index (κ2) is 4.41. The van der Waals surface area contributed by atoms with E-state index in [1.807, 2.05) is 23.0 Å². The number of anilines is 1. The van der Waals surface area contributed by atoms with Crippen molar-refractivity contribution in [3.05, 3.63) is 40.8 Å². The lowest BCUT2D eigenvalue weighted by atomic mass is 10.2. The number of pyridine rings is 1. The van der Waals surface area contributed by atoms with Crippen LogP contribution in [0.4, 0.5) is 5.82 Å². The van der Waals surface area contributed by atoms with Crippen LogP contribution in [0.15, 0.2) is 35.2 Å². The van der Waals surface area contributed by atoms with E-state index < -0.39 is 0 Å². The first-order chi connectivity index (χ1) is 7.29. The van der Waals surface area contributed by atoms with Gasteiger partial charge in [-0.15, -0.1) is 0 Å².